The minimum atomic E-state index is -0.674. The summed E-state index contributed by atoms with van der Waals surface area (Å²) >= 11 is 11.6. The molecule has 0 spiro atoms. The van der Waals surface area contributed by atoms with Gasteiger partial charge in [-0.25, -0.2) is 0 Å². The summed E-state index contributed by atoms with van der Waals surface area (Å²) in [5.74, 6) is -0.443. The van der Waals surface area contributed by atoms with Crippen LogP contribution in [0.3, 0.4) is 0 Å². The number of ether oxygens (including phenoxy) is 1. The monoisotopic (exact) mass is 247 g/mol. The first-order chi connectivity index (χ1) is 7.04. The van der Waals surface area contributed by atoms with E-state index in [4.69, 9.17) is 28.9 Å². The normalized spacial score (nSPS) is 12.3. The Morgan fingerprint density at radius 3 is 2.67 bits per heavy atom. The first-order valence-electron chi connectivity index (χ1n) is 4.32. The van der Waals surface area contributed by atoms with Crippen molar-refractivity contribution in [3.63, 3.8) is 0 Å². The van der Waals surface area contributed by atoms with Gasteiger partial charge in [0.25, 0.3) is 0 Å². The zero-order valence-electron chi connectivity index (χ0n) is 8.17. The molecular weight excluding hydrogens is 237 g/mol. The second-order valence-electron chi connectivity index (χ2n) is 3.08. The summed E-state index contributed by atoms with van der Waals surface area (Å²) in [7, 11) is 1.30. The molecule has 5 heteroatoms. The lowest BCUT2D eigenvalue weighted by molar-refractivity contribution is -0.142. The molecule has 0 heterocycles. The maximum Gasteiger partial charge on any atom is 0.322 e. The topological polar surface area (TPSA) is 52.3 Å². The van der Waals surface area contributed by atoms with E-state index in [1.807, 2.05) is 0 Å². The third kappa shape index (κ3) is 3.38. The van der Waals surface area contributed by atoms with Crippen molar-refractivity contribution >= 4 is 29.2 Å². The van der Waals surface area contributed by atoms with Crippen LogP contribution in [-0.4, -0.2) is 19.1 Å². The highest BCUT2D eigenvalue weighted by Crippen LogP contribution is 2.23. The summed E-state index contributed by atoms with van der Waals surface area (Å²) < 4.78 is 4.52. The molecule has 1 aromatic carbocycles. The summed E-state index contributed by atoms with van der Waals surface area (Å²) in [6.07, 6.45) is 0.379. The number of esters is 1. The molecule has 1 aromatic rings. The number of hydrogen-bond donors (Lipinski definition) is 1. The highest BCUT2D eigenvalue weighted by molar-refractivity contribution is 6.42. The standard InChI is InChI=1S/C10H11Cl2NO2/c1-15-10(14)9(13)5-6-2-3-7(11)8(12)4-6/h2-4,9H,5,13H2,1H3. The van der Waals surface area contributed by atoms with E-state index < -0.39 is 12.0 Å². The molecule has 0 amide bonds. The second kappa shape index (κ2) is 5.35. The smallest absolute Gasteiger partial charge is 0.322 e. The van der Waals surface area contributed by atoms with E-state index in [1.54, 1.807) is 18.2 Å². The lowest BCUT2D eigenvalue weighted by atomic mass is 10.1. The van der Waals surface area contributed by atoms with Gasteiger partial charge in [-0.2, -0.15) is 0 Å². The van der Waals surface area contributed by atoms with E-state index in [1.165, 1.54) is 7.11 Å². The van der Waals surface area contributed by atoms with Crippen molar-refractivity contribution in [3.05, 3.63) is 33.8 Å². The van der Waals surface area contributed by atoms with Crippen LogP contribution < -0.4 is 5.73 Å². The Bertz CT molecular complexity index is 368. The lowest BCUT2D eigenvalue weighted by Gasteiger charge is -2.09. The Kier molecular flexibility index (Phi) is 4.39. The van der Waals surface area contributed by atoms with E-state index >= 15 is 0 Å². The summed E-state index contributed by atoms with van der Waals surface area (Å²) in [5.41, 5.74) is 6.45. The van der Waals surface area contributed by atoms with Crippen LogP contribution in [-0.2, 0) is 16.0 Å². The van der Waals surface area contributed by atoms with E-state index in [9.17, 15) is 4.79 Å². The van der Waals surface area contributed by atoms with E-state index in [-0.39, 0.29) is 0 Å². The van der Waals surface area contributed by atoms with E-state index in [0.29, 0.717) is 16.5 Å². The van der Waals surface area contributed by atoms with Crippen molar-refractivity contribution in [3.8, 4) is 0 Å². The molecule has 1 unspecified atom stereocenters. The van der Waals surface area contributed by atoms with Gasteiger partial charge in [-0.15, -0.1) is 0 Å². The summed E-state index contributed by atoms with van der Waals surface area (Å²) in [6.45, 7) is 0. The summed E-state index contributed by atoms with van der Waals surface area (Å²) in [6, 6.07) is 4.46. The van der Waals surface area contributed by atoms with Gasteiger partial charge in [0.1, 0.15) is 6.04 Å². The van der Waals surface area contributed by atoms with Gasteiger partial charge in [0.2, 0.25) is 0 Å². The molecule has 1 rings (SSSR count). The Labute approximate surface area is 98.1 Å². The molecule has 3 nitrogen and oxygen atoms in total. The van der Waals surface area contributed by atoms with Crippen LogP contribution in [0.4, 0.5) is 0 Å². The molecular formula is C10H11Cl2NO2. The van der Waals surface area contributed by atoms with Crippen molar-refractivity contribution in [1.29, 1.82) is 0 Å². The Hall–Kier alpha value is -0.770. The average molecular weight is 248 g/mol. The Balaban J connectivity index is 2.73. The second-order valence-corrected chi connectivity index (χ2v) is 3.90. The van der Waals surface area contributed by atoms with Crippen LogP contribution in [0.5, 0.6) is 0 Å². The fourth-order valence-electron chi connectivity index (χ4n) is 1.16. The largest absolute Gasteiger partial charge is 0.468 e. The maximum atomic E-state index is 11.1. The van der Waals surface area contributed by atoms with Gasteiger partial charge >= 0.3 is 5.97 Å². The molecule has 0 saturated carbocycles. The molecule has 1 atom stereocenters. The van der Waals surface area contributed by atoms with Crippen molar-refractivity contribution < 1.29 is 9.53 Å². The molecule has 0 fully saturated rings. The maximum absolute atomic E-state index is 11.1. The highest BCUT2D eigenvalue weighted by Gasteiger charge is 2.14. The van der Waals surface area contributed by atoms with Gasteiger partial charge in [-0.3, -0.25) is 4.79 Å². The molecule has 0 saturated heterocycles. The predicted octanol–water partition coefficient (Wildman–Crippen LogP) is 2.04. The lowest BCUT2D eigenvalue weighted by Crippen LogP contribution is -2.33. The number of carbonyl (C=O) groups excluding carboxylic acids is 1. The molecule has 0 aromatic heterocycles. The zero-order valence-corrected chi connectivity index (χ0v) is 9.68. The molecule has 82 valence electrons. The number of carbonyl (C=O) groups is 1. The molecule has 0 radical (unpaired) electrons. The van der Waals surface area contributed by atoms with Crippen molar-refractivity contribution in [2.45, 2.75) is 12.5 Å². The van der Waals surface area contributed by atoms with Gasteiger partial charge in [0.05, 0.1) is 17.2 Å². The predicted molar refractivity (Wildman–Crippen MR) is 60.2 cm³/mol. The number of benzene rings is 1. The molecule has 0 aliphatic heterocycles. The van der Waals surface area contributed by atoms with E-state index in [2.05, 4.69) is 4.74 Å². The number of nitrogens with two attached hydrogens (primary N) is 1. The number of hydrogen-bond acceptors (Lipinski definition) is 3. The zero-order chi connectivity index (χ0) is 11.4. The molecule has 15 heavy (non-hydrogen) atoms. The molecule has 0 aliphatic carbocycles. The van der Waals surface area contributed by atoms with Crippen molar-refractivity contribution in [1.82, 2.24) is 0 Å². The van der Waals surface area contributed by atoms with E-state index in [0.717, 1.165) is 5.56 Å². The summed E-state index contributed by atoms with van der Waals surface area (Å²) in [5, 5.41) is 0.929. The van der Waals surface area contributed by atoms with Gasteiger partial charge in [0.15, 0.2) is 0 Å². The Morgan fingerprint density at radius 1 is 1.47 bits per heavy atom. The third-order valence-corrected chi connectivity index (χ3v) is 2.68. The van der Waals surface area contributed by atoms with Gasteiger partial charge in [-0.05, 0) is 24.1 Å². The van der Waals surface area contributed by atoms with Crippen LogP contribution >= 0.6 is 23.2 Å². The number of rotatable bonds is 3. The number of methoxy groups -OCH3 is 1. The Morgan fingerprint density at radius 2 is 2.13 bits per heavy atom. The van der Waals surface area contributed by atoms with Crippen LogP contribution in [0.15, 0.2) is 18.2 Å². The summed E-state index contributed by atoms with van der Waals surface area (Å²) in [4.78, 5) is 11.1. The van der Waals surface area contributed by atoms with Crippen molar-refractivity contribution in [2.24, 2.45) is 5.73 Å². The SMILES string of the molecule is COC(=O)C(N)Cc1ccc(Cl)c(Cl)c1. The van der Waals surface area contributed by atoms with Gasteiger partial charge in [0, 0.05) is 0 Å². The van der Waals surface area contributed by atoms with Crippen LogP contribution in [0.1, 0.15) is 5.56 Å². The number of halogens is 2. The quantitative estimate of drug-likeness (QED) is 0.832. The first-order valence-corrected chi connectivity index (χ1v) is 5.07. The fraction of sp³-hybridized carbons (Fsp3) is 0.300. The highest BCUT2D eigenvalue weighted by atomic mass is 35.5. The minimum Gasteiger partial charge on any atom is -0.468 e. The van der Waals surface area contributed by atoms with Crippen LogP contribution in [0.2, 0.25) is 10.0 Å². The van der Waals surface area contributed by atoms with Gasteiger partial charge in [-0.1, -0.05) is 29.3 Å². The van der Waals surface area contributed by atoms with Crippen LogP contribution in [0, 0.1) is 0 Å². The molecule has 0 bridgehead atoms. The average Bonchev–Trinajstić information content (AvgIpc) is 2.22. The molecule has 2 N–H and O–H groups in total. The van der Waals surface area contributed by atoms with Crippen LogP contribution in [0.25, 0.3) is 0 Å². The fourth-order valence-corrected chi connectivity index (χ4v) is 1.48. The molecule has 0 aliphatic rings. The van der Waals surface area contributed by atoms with Crippen molar-refractivity contribution in [2.75, 3.05) is 7.11 Å². The first kappa shape index (κ1) is 12.3. The third-order valence-electron chi connectivity index (χ3n) is 1.94. The van der Waals surface area contributed by atoms with Gasteiger partial charge < -0.3 is 10.5 Å². The minimum absolute atomic E-state index is 0.379.